The number of nitro groups is 1. The highest BCUT2D eigenvalue weighted by molar-refractivity contribution is 5.55. The van der Waals surface area contributed by atoms with Crippen molar-refractivity contribution < 1.29 is 9.66 Å². The molecule has 0 heterocycles. The molecule has 0 bridgehead atoms. The number of hydrogen-bond donors (Lipinski definition) is 1. The van der Waals surface area contributed by atoms with Gasteiger partial charge in [0.05, 0.1) is 4.92 Å². The lowest BCUT2D eigenvalue weighted by Gasteiger charge is -2.30. The van der Waals surface area contributed by atoms with E-state index in [9.17, 15) is 10.1 Å². The second-order valence-corrected chi connectivity index (χ2v) is 5.26. The number of benzene rings is 1. The summed E-state index contributed by atoms with van der Waals surface area (Å²) < 4.78 is 5.55. The largest absolute Gasteiger partial charge is 0.485 e. The van der Waals surface area contributed by atoms with Gasteiger partial charge in [0.2, 0.25) is 0 Å². The number of rotatable bonds is 7. The molecule has 0 radical (unpaired) electrons. The van der Waals surface area contributed by atoms with Crippen LogP contribution in [0.5, 0.6) is 5.75 Å². The lowest BCUT2D eigenvalue weighted by molar-refractivity contribution is -0.385. The average molecular weight is 281 g/mol. The molecule has 0 amide bonds. The Balaban J connectivity index is 2.70. The first-order chi connectivity index (χ1) is 9.32. The van der Waals surface area contributed by atoms with Crippen molar-refractivity contribution in [2.75, 3.05) is 18.9 Å². The fraction of sp³-hybridized carbons (Fsp3) is 0.571. The number of ether oxygens (including phenoxy) is 1. The summed E-state index contributed by atoms with van der Waals surface area (Å²) in [7, 11) is 0. The van der Waals surface area contributed by atoms with Gasteiger partial charge in [-0.15, -0.1) is 0 Å². The number of nitrogens with zero attached hydrogens (tertiary/aromatic N) is 2. The summed E-state index contributed by atoms with van der Waals surface area (Å²) in [4.78, 5) is 12.7. The number of nitrogen functional groups attached to an aromatic ring is 1. The van der Waals surface area contributed by atoms with Crippen molar-refractivity contribution in [1.29, 1.82) is 0 Å². The van der Waals surface area contributed by atoms with Crippen LogP contribution in [-0.2, 0) is 0 Å². The predicted octanol–water partition coefficient (Wildman–Crippen LogP) is 2.67. The van der Waals surface area contributed by atoms with Crippen LogP contribution in [0.3, 0.4) is 0 Å². The molecule has 20 heavy (non-hydrogen) atoms. The summed E-state index contributed by atoms with van der Waals surface area (Å²) in [5.41, 5.74) is 6.04. The van der Waals surface area contributed by atoms with E-state index in [2.05, 4.69) is 32.6 Å². The Hall–Kier alpha value is -1.82. The van der Waals surface area contributed by atoms with Crippen molar-refractivity contribution >= 4 is 11.4 Å². The average Bonchev–Trinajstić information content (AvgIpc) is 2.33. The summed E-state index contributed by atoms with van der Waals surface area (Å²) in [6, 6.07) is 5.16. The highest BCUT2D eigenvalue weighted by Gasteiger charge is 2.17. The van der Waals surface area contributed by atoms with Gasteiger partial charge in [-0.3, -0.25) is 15.0 Å². The molecule has 1 aromatic carbocycles. The predicted molar refractivity (Wildman–Crippen MR) is 80.0 cm³/mol. The Labute approximate surface area is 119 Å². The Bertz CT molecular complexity index is 453. The summed E-state index contributed by atoms with van der Waals surface area (Å²) in [6.45, 7) is 9.56. The second-order valence-electron chi connectivity index (χ2n) is 5.26. The molecule has 0 unspecified atom stereocenters. The minimum atomic E-state index is -0.461. The zero-order chi connectivity index (χ0) is 15.3. The molecule has 0 saturated heterocycles. The van der Waals surface area contributed by atoms with Crippen molar-refractivity contribution in [3.63, 3.8) is 0 Å². The molecule has 1 aromatic rings. The summed E-state index contributed by atoms with van der Waals surface area (Å²) in [5.74, 6) is 0.225. The van der Waals surface area contributed by atoms with Crippen molar-refractivity contribution in [2.24, 2.45) is 0 Å². The lowest BCUT2D eigenvalue weighted by atomic mass is 10.2. The molecule has 112 valence electrons. The fourth-order valence-corrected chi connectivity index (χ4v) is 2.17. The molecular formula is C14H23N3O3. The zero-order valence-electron chi connectivity index (χ0n) is 12.5. The van der Waals surface area contributed by atoms with Crippen LogP contribution in [0.15, 0.2) is 18.2 Å². The lowest BCUT2D eigenvalue weighted by Crippen LogP contribution is -2.39. The molecule has 1 rings (SSSR count). The quantitative estimate of drug-likeness (QED) is 0.472. The molecule has 0 atom stereocenters. The van der Waals surface area contributed by atoms with E-state index in [0.29, 0.717) is 30.9 Å². The van der Waals surface area contributed by atoms with Crippen LogP contribution in [-0.4, -0.2) is 35.1 Å². The first-order valence-corrected chi connectivity index (χ1v) is 6.75. The second kappa shape index (κ2) is 7.09. The third-order valence-electron chi connectivity index (χ3n) is 3.11. The highest BCUT2D eigenvalue weighted by Crippen LogP contribution is 2.28. The van der Waals surface area contributed by atoms with Gasteiger partial charge in [-0.1, -0.05) is 0 Å². The maximum atomic E-state index is 10.9. The van der Waals surface area contributed by atoms with Crippen LogP contribution in [0.1, 0.15) is 27.7 Å². The van der Waals surface area contributed by atoms with Gasteiger partial charge in [-0.2, -0.15) is 0 Å². The monoisotopic (exact) mass is 281 g/mol. The van der Waals surface area contributed by atoms with Gasteiger partial charge in [0, 0.05) is 36.4 Å². The van der Waals surface area contributed by atoms with Crippen LogP contribution in [0, 0.1) is 10.1 Å². The van der Waals surface area contributed by atoms with Gasteiger partial charge in [0.25, 0.3) is 0 Å². The first kappa shape index (κ1) is 16.2. The van der Waals surface area contributed by atoms with Gasteiger partial charge in [0.1, 0.15) is 6.61 Å². The van der Waals surface area contributed by atoms with E-state index in [1.807, 2.05) is 0 Å². The third kappa shape index (κ3) is 4.38. The molecular weight excluding hydrogens is 258 g/mol. The van der Waals surface area contributed by atoms with Gasteiger partial charge < -0.3 is 10.5 Å². The maximum Gasteiger partial charge on any atom is 0.311 e. The van der Waals surface area contributed by atoms with Crippen molar-refractivity contribution in [2.45, 2.75) is 39.8 Å². The molecule has 2 N–H and O–H groups in total. The molecule has 0 spiro atoms. The van der Waals surface area contributed by atoms with Crippen LogP contribution in [0.2, 0.25) is 0 Å². The highest BCUT2D eigenvalue weighted by atomic mass is 16.6. The Morgan fingerprint density at radius 1 is 1.30 bits per heavy atom. The molecule has 0 aromatic heterocycles. The molecule has 6 heteroatoms. The van der Waals surface area contributed by atoms with E-state index >= 15 is 0 Å². The van der Waals surface area contributed by atoms with E-state index in [4.69, 9.17) is 10.5 Å². The van der Waals surface area contributed by atoms with Gasteiger partial charge >= 0.3 is 5.69 Å². The van der Waals surface area contributed by atoms with Crippen LogP contribution >= 0.6 is 0 Å². The van der Waals surface area contributed by atoms with Gasteiger partial charge in [0.15, 0.2) is 5.75 Å². The van der Waals surface area contributed by atoms with E-state index in [0.717, 1.165) is 0 Å². The Morgan fingerprint density at radius 3 is 2.40 bits per heavy atom. The normalized spacial score (nSPS) is 11.3. The van der Waals surface area contributed by atoms with Crippen LogP contribution < -0.4 is 10.5 Å². The van der Waals surface area contributed by atoms with Crippen LogP contribution in [0.25, 0.3) is 0 Å². The standard InChI is InChI=1S/C14H23N3O3/c1-10(2)16(11(3)4)7-8-20-14-9-12(15)5-6-13(14)17(18)19/h5-6,9-11H,7-8,15H2,1-4H3. The SMILES string of the molecule is CC(C)N(CCOc1cc(N)ccc1[N+](=O)[O-])C(C)C. The molecule has 6 nitrogen and oxygen atoms in total. The minimum Gasteiger partial charge on any atom is -0.485 e. The zero-order valence-corrected chi connectivity index (χ0v) is 12.5. The summed E-state index contributed by atoms with van der Waals surface area (Å²) >= 11 is 0. The smallest absolute Gasteiger partial charge is 0.311 e. The third-order valence-corrected chi connectivity index (χ3v) is 3.11. The molecule has 0 saturated carbocycles. The van der Waals surface area contributed by atoms with Crippen molar-refractivity contribution in [3.8, 4) is 5.75 Å². The van der Waals surface area contributed by atoms with E-state index < -0.39 is 4.92 Å². The van der Waals surface area contributed by atoms with Gasteiger partial charge in [-0.05, 0) is 33.8 Å². The van der Waals surface area contributed by atoms with E-state index in [1.165, 1.54) is 18.2 Å². The maximum absolute atomic E-state index is 10.9. The Kier molecular flexibility index (Phi) is 5.76. The number of anilines is 1. The number of nitrogens with two attached hydrogens (primary N) is 1. The number of nitro benzene ring substituents is 1. The van der Waals surface area contributed by atoms with Crippen molar-refractivity contribution in [3.05, 3.63) is 28.3 Å². The first-order valence-electron chi connectivity index (χ1n) is 6.75. The van der Waals surface area contributed by atoms with Crippen molar-refractivity contribution in [1.82, 2.24) is 4.90 Å². The fourth-order valence-electron chi connectivity index (χ4n) is 2.17. The van der Waals surface area contributed by atoms with Crippen LogP contribution in [0.4, 0.5) is 11.4 Å². The number of hydrogen-bond acceptors (Lipinski definition) is 5. The molecule has 0 aliphatic carbocycles. The van der Waals surface area contributed by atoms with Gasteiger partial charge in [-0.25, -0.2) is 0 Å². The Morgan fingerprint density at radius 2 is 1.90 bits per heavy atom. The molecule has 0 aliphatic heterocycles. The summed E-state index contributed by atoms with van der Waals surface area (Å²) in [6.07, 6.45) is 0. The van der Waals surface area contributed by atoms with E-state index in [-0.39, 0.29) is 11.4 Å². The molecule has 0 fully saturated rings. The minimum absolute atomic E-state index is 0.0557. The molecule has 0 aliphatic rings. The summed E-state index contributed by atoms with van der Waals surface area (Å²) in [5, 5.41) is 10.9. The van der Waals surface area contributed by atoms with E-state index in [1.54, 1.807) is 0 Å². The topological polar surface area (TPSA) is 81.6 Å².